The minimum absolute atomic E-state index is 0.438. The largest absolute Gasteiger partial charge is 0.507 e. The van der Waals surface area contributed by atoms with Crippen LogP contribution in [0.15, 0.2) is 12.1 Å². The Kier molecular flexibility index (Phi) is 3.42. The predicted octanol–water partition coefficient (Wildman–Crippen LogP) is 3.16. The molecule has 1 N–H and O–H groups in total. The number of hydrogen-bond acceptors (Lipinski definition) is 1. The number of aryl methyl sites for hydroxylation is 1. The van der Waals surface area contributed by atoms with Crippen LogP contribution in [0.5, 0.6) is 5.75 Å². The molecule has 1 nitrogen and oxygen atoms in total. The van der Waals surface area contributed by atoms with Crippen LogP contribution in [-0.4, -0.2) is 5.11 Å². The Morgan fingerprint density at radius 3 is 2.55 bits per heavy atom. The zero-order valence-electron chi connectivity index (χ0n) is 6.06. The summed E-state index contributed by atoms with van der Waals surface area (Å²) < 4.78 is 2.12. The van der Waals surface area contributed by atoms with Crippen LogP contribution >= 0.6 is 45.2 Å². The van der Waals surface area contributed by atoms with Crippen LogP contribution in [-0.2, 0) is 6.42 Å². The van der Waals surface area contributed by atoms with Crippen molar-refractivity contribution >= 4 is 45.2 Å². The summed E-state index contributed by atoms with van der Waals surface area (Å²) >= 11 is 4.40. The van der Waals surface area contributed by atoms with E-state index in [1.54, 1.807) is 0 Å². The van der Waals surface area contributed by atoms with E-state index in [0.29, 0.717) is 5.75 Å². The molecule has 11 heavy (non-hydrogen) atoms. The molecule has 0 spiro atoms. The van der Waals surface area contributed by atoms with Gasteiger partial charge in [0.25, 0.3) is 0 Å². The molecule has 60 valence electrons. The highest BCUT2D eigenvalue weighted by Crippen LogP contribution is 2.26. The molecule has 0 aliphatic heterocycles. The van der Waals surface area contributed by atoms with Crippen molar-refractivity contribution in [1.29, 1.82) is 0 Å². The van der Waals surface area contributed by atoms with Gasteiger partial charge in [0, 0.05) is 3.57 Å². The smallest absolute Gasteiger partial charge is 0.132 e. The zero-order chi connectivity index (χ0) is 8.43. The van der Waals surface area contributed by atoms with Crippen molar-refractivity contribution < 1.29 is 5.11 Å². The number of hydrogen-bond donors (Lipinski definition) is 1. The minimum atomic E-state index is 0.438. The van der Waals surface area contributed by atoms with Crippen molar-refractivity contribution in [2.24, 2.45) is 0 Å². The molecule has 0 saturated carbocycles. The molecule has 3 heteroatoms. The predicted molar refractivity (Wildman–Crippen MR) is 62.9 cm³/mol. The highest BCUT2D eigenvalue weighted by molar-refractivity contribution is 14.1. The van der Waals surface area contributed by atoms with Gasteiger partial charge in [0.2, 0.25) is 0 Å². The number of aromatic hydroxyl groups is 1. The molecular formula is C8H8I2O. The van der Waals surface area contributed by atoms with E-state index in [-0.39, 0.29) is 0 Å². The lowest BCUT2D eigenvalue weighted by molar-refractivity contribution is 0.465. The summed E-state index contributed by atoms with van der Waals surface area (Å²) in [5.41, 5.74) is 1.03. The fourth-order valence-electron chi connectivity index (χ4n) is 0.889. The summed E-state index contributed by atoms with van der Waals surface area (Å²) in [5, 5.41) is 9.51. The molecule has 0 unspecified atom stereocenters. The van der Waals surface area contributed by atoms with Gasteiger partial charge >= 0.3 is 0 Å². The summed E-state index contributed by atoms with van der Waals surface area (Å²) in [6, 6.07) is 3.98. The molecule has 0 saturated heterocycles. The number of benzene rings is 1. The van der Waals surface area contributed by atoms with Crippen LogP contribution in [0, 0.1) is 7.14 Å². The van der Waals surface area contributed by atoms with Crippen molar-refractivity contribution in [1.82, 2.24) is 0 Å². The van der Waals surface area contributed by atoms with Crippen LogP contribution in [0.4, 0.5) is 0 Å². The van der Waals surface area contributed by atoms with E-state index in [1.807, 2.05) is 19.1 Å². The summed E-state index contributed by atoms with van der Waals surface area (Å²) in [7, 11) is 0. The monoisotopic (exact) mass is 374 g/mol. The van der Waals surface area contributed by atoms with Crippen molar-refractivity contribution in [2.75, 3.05) is 0 Å². The van der Waals surface area contributed by atoms with E-state index < -0.39 is 0 Å². The molecule has 0 aliphatic rings. The molecule has 1 aromatic carbocycles. The van der Waals surface area contributed by atoms with Gasteiger partial charge in [-0.25, -0.2) is 0 Å². The Balaban J connectivity index is 3.24. The van der Waals surface area contributed by atoms with E-state index in [0.717, 1.165) is 15.6 Å². The average Bonchev–Trinajstić information content (AvgIpc) is 1.96. The van der Waals surface area contributed by atoms with Gasteiger partial charge in [-0.05, 0) is 69.3 Å². The summed E-state index contributed by atoms with van der Waals surface area (Å²) in [6.45, 7) is 2.04. The minimum Gasteiger partial charge on any atom is -0.507 e. The molecule has 0 fully saturated rings. The van der Waals surface area contributed by atoms with Crippen LogP contribution in [0.3, 0.4) is 0 Å². The molecule has 0 heterocycles. The first kappa shape index (κ1) is 9.57. The van der Waals surface area contributed by atoms with Gasteiger partial charge in [0.15, 0.2) is 0 Å². The van der Waals surface area contributed by atoms with Gasteiger partial charge in [-0.3, -0.25) is 0 Å². The fraction of sp³-hybridized carbons (Fsp3) is 0.250. The molecule has 1 rings (SSSR count). The Morgan fingerprint density at radius 1 is 1.36 bits per heavy atom. The van der Waals surface area contributed by atoms with Crippen LogP contribution in [0.1, 0.15) is 12.5 Å². The van der Waals surface area contributed by atoms with Crippen molar-refractivity contribution in [3.8, 4) is 5.75 Å². The van der Waals surface area contributed by atoms with Crippen molar-refractivity contribution in [3.63, 3.8) is 0 Å². The van der Waals surface area contributed by atoms with E-state index in [4.69, 9.17) is 0 Å². The number of phenols is 1. The first-order valence-electron chi connectivity index (χ1n) is 3.32. The number of rotatable bonds is 1. The topological polar surface area (TPSA) is 20.2 Å². The lowest BCUT2D eigenvalue weighted by Gasteiger charge is -2.03. The van der Waals surface area contributed by atoms with Crippen molar-refractivity contribution in [2.45, 2.75) is 13.3 Å². The zero-order valence-corrected chi connectivity index (χ0v) is 10.4. The van der Waals surface area contributed by atoms with E-state index >= 15 is 0 Å². The number of phenolic OH excluding ortho intramolecular Hbond substituents is 1. The lowest BCUT2D eigenvalue weighted by Crippen LogP contribution is -1.86. The first-order valence-corrected chi connectivity index (χ1v) is 5.47. The molecule has 0 aliphatic carbocycles. The van der Waals surface area contributed by atoms with Gasteiger partial charge < -0.3 is 5.11 Å². The van der Waals surface area contributed by atoms with Crippen LogP contribution < -0.4 is 0 Å². The SMILES string of the molecule is CCc1cc(I)cc(I)c1O. The maximum atomic E-state index is 9.51. The Bertz CT molecular complexity index is 271. The molecule has 0 bridgehead atoms. The van der Waals surface area contributed by atoms with Crippen molar-refractivity contribution in [3.05, 3.63) is 24.8 Å². The van der Waals surface area contributed by atoms with Gasteiger partial charge in [-0.1, -0.05) is 6.92 Å². The standard InChI is InChI=1S/C8H8I2O/c1-2-5-3-6(9)4-7(10)8(5)11/h3-4,11H,2H2,1H3. The second-order valence-corrected chi connectivity index (χ2v) is 4.66. The molecule has 0 radical (unpaired) electrons. The third-order valence-electron chi connectivity index (χ3n) is 1.49. The van der Waals surface area contributed by atoms with E-state index in [2.05, 4.69) is 45.2 Å². The maximum absolute atomic E-state index is 9.51. The van der Waals surface area contributed by atoms with Crippen LogP contribution in [0.2, 0.25) is 0 Å². The average molecular weight is 374 g/mol. The molecular weight excluding hydrogens is 366 g/mol. The van der Waals surface area contributed by atoms with E-state index in [1.165, 1.54) is 3.57 Å². The van der Waals surface area contributed by atoms with E-state index in [9.17, 15) is 5.11 Å². The maximum Gasteiger partial charge on any atom is 0.132 e. The summed E-state index contributed by atoms with van der Waals surface area (Å²) in [6.07, 6.45) is 0.888. The fourth-order valence-corrected chi connectivity index (χ4v) is 2.85. The summed E-state index contributed by atoms with van der Waals surface area (Å²) in [5.74, 6) is 0.438. The lowest BCUT2D eigenvalue weighted by atomic mass is 10.1. The molecule has 1 aromatic rings. The molecule has 0 atom stereocenters. The normalized spacial score (nSPS) is 10.1. The second-order valence-electron chi connectivity index (χ2n) is 2.25. The molecule has 0 amide bonds. The Morgan fingerprint density at radius 2 is 2.00 bits per heavy atom. The highest BCUT2D eigenvalue weighted by atomic mass is 127. The second kappa shape index (κ2) is 3.93. The Labute approximate surface area is 93.5 Å². The van der Waals surface area contributed by atoms with Gasteiger partial charge in [0.05, 0.1) is 3.57 Å². The summed E-state index contributed by atoms with van der Waals surface area (Å²) in [4.78, 5) is 0. The van der Waals surface area contributed by atoms with Gasteiger partial charge in [-0.15, -0.1) is 0 Å². The third-order valence-corrected chi connectivity index (χ3v) is 2.93. The van der Waals surface area contributed by atoms with Gasteiger partial charge in [0.1, 0.15) is 5.75 Å². The Hall–Kier alpha value is 0.480. The highest BCUT2D eigenvalue weighted by Gasteiger charge is 2.04. The first-order chi connectivity index (χ1) is 5.15. The quantitative estimate of drug-likeness (QED) is 0.750. The van der Waals surface area contributed by atoms with Crippen LogP contribution in [0.25, 0.3) is 0 Å². The van der Waals surface area contributed by atoms with Gasteiger partial charge in [-0.2, -0.15) is 0 Å². The third kappa shape index (κ3) is 2.21. The number of halogens is 2. The molecule has 0 aromatic heterocycles.